The fraction of sp³-hybridized carbons (Fsp3) is 0.273. The molecule has 28 heavy (non-hydrogen) atoms. The Balaban J connectivity index is 1.44. The van der Waals surface area contributed by atoms with E-state index in [1.54, 1.807) is 17.0 Å². The van der Waals surface area contributed by atoms with Crippen LogP contribution in [0, 0.1) is 5.82 Å². The summed E-state index contributed by atoms with van der Waals surface area (Å²) in [5, 5.41) is 0.178. The van der Waals surface area contributed by atoms with Crippen LogP contribution in [0.2, 0.25) is 0 Å². The second kappa shape index (κ2) is 7.56. The van der Waals surface area contributed by atoms with Gasteiger partial charge in [-0.25, -0.2) is 4.39 Å². The summed E-state index contributed by atoms with van der Waals surface area (Å²) in [6.45, 7) is 4.49. The van der Waals surface area contributed by atoms with Gasteiger partial charge in [0.1, 0.15) is 5.82 Å². The van der Waals surface area contributed by atoms with Crippen LogP contribution >= 0.6 is 0 Å². The molecule has 0 bridgehead atoms. The maximum atomic E-state index is 14.1. The van der Waals surface area contributed by atoms with Gasteiger partial charge in [0.25, 0.3) is 11.7 Å². The lowest BCUT2D eigenvalue weighted by Crippen LogP contribution is -2.51. The first-order valence-corrected chi connectivity index (χ1v) is 9.44. The Morgan fingerprint density at radius 2 is 1.71 bits per heavy atom. The molecule has 2 aromatic carbocycles. The van der Waals surface area contributed by atoms with E-state index in [1.807, 2.05) is 18.2 Å². The fourth-order valence-electron chi connectivity index (χ4n) is 3.83. The maximum absolute atomic E-state index is 14.1. The lowest BCUT2D eigenvalue weighted by molar-refractivity contribution is -0.128. The second-order valence-corrected chi connectivity index (χ2v) is 7.11. The van der Waals surface area contributed by atoms with Gasteiger partial charge in [-0.1, -0.05) is 36.4 Å². The minimum atomic E-state index is -0.666. The van der Waals surface area contributed by atoms with Gasteiger partial charge in [0.05, 0.1) is 5.56 Å². The number of hydrogen-bond donors (Lipinski definition) is 1. The van der Waals surface area contributed by atoms with Gasteiger partial charge >= 0.3 is 0 Å². The van der Waals surface area contributed by atoms with Crippen molar-refractivity contribution in [3.63, 3.8) is 0 Å². The quantitative estimate of drug-likeness (QED) is 0.558. The Hall–Kier alpha value is -2.99. The summed E-state index contributed by atoms with van der Waals surface area (Å²) >= 11 is 0. The van der Waals surface area contributed by atoms with Crippen LogP contribution in [0.5, 0.6) is 0 Å². The lowest BCUT2D eigenvalue weighted by atomic mass is 10.1. The van der Waals surface area contributed by atoms with Crippen LogP contribution in [0.4, 0.5) is 4.39 Å². The zero-order chi connectivity index (χ0) is 19.7. The highest BCUT2D eigenvalue weighted by Crippen LogP contribution is 2.24. The average Bonchev–Trinajstić information content (AvgIpc) is 3.18. The van der Waals surface area contributed by atoms with Crippen LogP contribution in [0.25, 0.3) is 10.9 Å². The van der Waals surface area contributed by atoms with E-state index >= 15 is 0 Å². The molecular formula is C22H22FN3O2. The molecule has 1 aliphatic heterocycles. The SMILES string of the molecule is CC(c1ccccc1)N1CCN(C(=O)C(=O)c2c[nH]c3cccc(F)c23)CC1. The van der Waals surface area contributed by atoms with Crippen molar-refractivity contribution in [2.24, 2.45) is 0 Å². The molecule has 4 rings (SSSR count). The number of ketones is 1. The predicted molar refractivity (Wildman–Crippen MR) is 106 cm³/mol. The van der Waals surface area contributed by atoms with Crippen LogP contribution in [-0.2, 0) is 4.79 Å². The average molecular weight is 379 g/mol. The van der Waals surface area contributed by atoms with Crippen LogP contribution in [0.3, 0.4) is 0 Å². The number of halogens is 1. The summed E-state index contributed by atoms with van der Waals surface area (Å²) in [6.07, 6.45) is 1.42. The third-order valence-corrected chi connectivity index (χ3v) is 5.52. The highest BCUT2D eigenvalue weighted by atomic mass is 19.1. The third-order valence-electron chi connectivity index (χ3n) is 5.52. The van der Waals surface area contributed by atoms with E-state index in [0.29, 0.717) is 31.7 Å². The molecule has 1 N–H and O–H groups in total. The number of fused-ring (bicyclic) bond motifs is 1. The standard InChI is InChI=1S/C22H22FN3O2/c1-15(16-6-3-2-4-7-16)25-10-12-26(13-11-25)22(28)21(27)17-14-24-19-9-5-8-18(23)20(17)19/h2-9,14-15,24H,10-13H2,1H3. The molecule has 5 nitrogen and oxygen atoms in total. The first-order valence-electron chi connectivity index (χ1n) is 9.44. The Morgan fingerprint density at radius 1 is 1.00 bits per heavy atom. The number of carbonyl (C=O) groups is 2. The molecule has 0 saturated carbocycles. The van der Waals surface area contributed by atoms with E-state index in [-0.39, 0.29) is 17.0 Å². The summed E-state index contributed by atoms with van der Waals surface area (Å²) in [5.41, 5.74) is 1.84. The number of nitrogens with zero attached hydrogens (tertiary/aromatic N) is 2. The van der Waals surface area contributed by atoms with Crippen molar-refractivity contribution < 1.29 is 14.0 Å². The molecular weight excluding hydrogens is 357 g/mol. The summed E-state index contributed by atoms with van der Waals surface area (Å²) in [5.74, 6) is -1.74. The molecule has 1 unspecified atom stereocenters. The summed E-state index contributed by atoms with van der Waals surface area (Å²) < 4.78 is 14.1. The number of aromatic nitrogens is 1. The molecule has 3 aromatic rings. The van der Waals surface area contributed by atoms with Crippen molar-refractivity contribution in [3.8, 4) is 0 Å². The highest BCUT2D eigenvalue weighted by molar-refractivity contribution is 6.44. The fourth-order valence-corrected chi connectivity index (χ4v) is 3.83. The van der Waals surface area contributed by atoms with Gasteiger partial charge in [0.2, 0.25) is 0 Å². The summed E-state index contributed by atoms with van der Waals surface area (Å²) in [6, 6.07) is 15.0. The molecule has 1 aromatic heterocycles. The van der Waals surface area contributed by atoms with E-state index in [4.69, 9.17) is 0 Å². The van der Waals surface area contributed by atoms with Crippen molar-refractivity contribution in [2.75, 3.05) is 26.2 Å². The topological polar surface area (TPSA) is 56.4 Å². The van der Waals surface area contributed by atoms with Crippen molar-refractivity contribution in [1.29, 1.82) is 0 Å². The largest absolute Gasteiger partial charge is 0.360 e. The highest BCUT2D eigenvalue weighted by Gasteiger charge is 2.30. The number of hydrogen-bond acceptors (Lipinski definition) is 3. The normalized spacial score (nSPS) is 16.3. The predicted octanol–water partition coefficient (Wildman–Crippen LogP) is 3.40. The zero-order valence-electron chi connectivity index (χ0n) is 15.7. The Morgan fingerprint density at radius 3 is 2.43 bits per heavy atom. The number of Topliss-reactive ketones (excluding diaryl/α,β-unsaturated/α-hetero) is 1. The van der Waals surface area contributed by atoms with Crippen LogP contribution < -0.4 is 0 Å². The molecule has 1 fully saturated rings. The number of benzene rings is 2. The smallest absolute Gasteiger partial charge is 0.295 e. The van der Waals surface area contributed by atoms with E-state index < -0.39 is 17.5 Å². The van der Waals surface area contributed by atoms with Crippen molar-refractivity contribution in [2.45, 2.75) is 13.0 Å². The molecule has 0 spiro atoms. The first-order chi connectivity index (χ1) is 13.6. The minimum absolute atomic E-state index is 0.0955. The van der Waals surface area contributed by atoms with Gasteiger partial charge in [-0.05, 0) is 24.6 Å². The molecule has 2 heterocycles. The number of aromatic amines is 1. The molecule has 1 amide bonds. The van der Waals surface area contributed by atoms with Gasteiger partial charge < -0.3 is 9.88 Å². The molecule has 1 aliphatic rings. The molecule has 0 radical (unpaired) electrons. The number of nitrogens with one attached hydrogen (secondary N) is 1. The first kappa shape index (κ1) is 18.4. The van der Waals surface area contributed by atoms with Gasteiger partial charge in [0, 0.05) is 49.3 Å². The molecule has 0 aliphatic carbocycles. The van der Waals surface area contributed by atoms with E-state index in [2.05, 4.69) is 28.9 Å². The van der Waals surface area contributed by atoms with Crippen molar-refractivity contribution in [3.05, 3.63) is 71.7 Å². The van der Waals surface area contributed by atoms with Gasteiger partial charge in [0.15, 0.2) is 0 Å². The number of rotatable bonds is 4. The van der Waals surface area contributed by atoms with E-state index in [0.717, 1.165) is 0 Å². The number of H-pyrrole nitrogens is 1. The van der Waals surface area contributed by atoms with Crippen LogP contribution in [-0.4, -0.2) is 52.7 Å². The summed E-state index contributed by atoms with van der Waals surface area (Å²) in [7, 11) is 0. The lowest BCUT2D eigenvalue weighted by Gasteiger charge is -2.38. The van der Waals surface area contributed by atoms with E-state index in [1.165, 1.54) is 17.8 Å². The second-order valence-electron chi connectivity index (χ2n) is 7.11. The Bertz CT molecular complexity index is 1010. The van der Waals surface area contributed by atoms with Crippen LogP contribution in [0.1, 0.15) is 28.9 Å². The van der Waals surface area contributed by atoms with Gasteiger partial charge in [-0.3, -0.25) is 14.5 Å². The Kier molecular flexibility index (Phi) is 4.96. The van der Waals surface area contributed by atoms with E-state index in [9.17, 15) is 14.0 Å². The third kappa shape index (κ3) is 3.31. The van der Waals surface area contributed by atoms with Gasteiger partial charge in [-0.15, -0.1) is 0 Å². The molecule has 6 heteroatoms. The number of piperazine rings is 1. The summed E-state index contributed by atoms with van der Waals surface area (Å²) in [4.78, 5) is 32.2. The number of carbonyl (C=O) groups excluding carboxylic acids is 2. The van der Waals surface area contributed by atoms with Crippen molar-refractivity contribution in [1.82, 2.24) is 14.8 Å². The minimum Gasteiger partial charge on any atom is -0.360 e. The maximum Gasteiger partial charge on any atom is 0.295 e. The monoisotopic (exact) mass is 379 g/mol. The zero-order valence-corrected chi connectivity index (χ0v) is 15.7. The number of amides is 1. The Labute approximate surface area is 162 Å². The van der Waals surface area contributed by atoms with Crippen LogP contribution in [0.15, 0.2) is 54.7 Å². The molecule has 144 valence electrons. The van der Waals surface area contributed by atoms with Crippen molar-refractivity contribution >= 4 is 22.6 Å². The van der Waals surface area contributed by atoms with Gasteiger partial charge in [-0.2, -0.15) is 0 Å². The molecule has 1 saturated heterocycles. The molecule has 1 atom stereocenters.